The minimum atomic E-state index is -0.236. The van der Waals surface area contributed by atoms with Gasteiger partial charge in [0.2, 0.25) is 5.91 Å². The number of hydrogen-bond donors (Lipinski definition) is 1. The summed E-state index contributed by atoms with van der Waals surface area (Å²) in [6, 6.07) is 7.47. The lowest BCUT2D eigenvalue weighted by molar-refractivity contribution is -0.130. The predicted molar refractivity (Wildman–Crippen MR) is 78.9 cm³/mol. The Morgan fingerprint density at radius 3 is 2.76 bits per heavy atom. The highest BCUT2D eigenvalue weighted by atomic mass is 16.2. The highest BCUT2D eigenvalue weighted by molar-refractivity contribution is 6.05. The van der Waals surface area contributed by atoms with E-state index in [0.29, 0.717) is 5.69 Å². The second-order valence-electron chi connectivity index (χ2n) is 5.37. The van der Waals surface area contributed by atoms with Crippen LogP contribution in [0.1, 0.15) is 23.3 Å². The number of likely N-dealkylation sites (N-methyl/N-ethyl adjacent to an activating group) is 1. The summed E-state index contributed by atoms with van der Waals surface area (Å²) in [4.78, 5) is 27.8. The molecule has 1 saturated heterocycles. The number of likely N-dealkylation sites (tertiary alicyclic amines) is 1. The van der Waals surface area contributed by atoms with E-state index in [1.807, 2.05) is 29.2 Å². The van der Waals surface area contributed by atoms with E-state index in [4.69, 9.17) is 0 Å². The Labute approximate surface area is 122 Å². The Morgan fingerprint density at radius 2 is 2.00 bits per heavy atom. The van der Waals surface area contributed by atoms with Gasteiger partial charge in [0, 0.05) is 25.5 Å². The van der Waals surface area contributed by atoms with Crippen molar-refractivity contribution in [2.75, 3.05) is 26.7 Å². The van der Waals surface area contributed by atoms with Crippen molar-refractivity contribution in [1.29, 1.82) is 0 Å². The van der Waals surface area contributed by atoms with E-state index in [-0.39, 0.29) is 18.4 Å². The van der Waals surface area contributed by atoms with Gasteiger partial charge in [-0.15, -0.1) is 0 Å². The Morgan fingerprint density at radius 1 is 1.29 bits per heavy atom. The third-order valence-electron chi connectivity index (χ3n) is 3.85. The average molecular weight is 286 g/mol. The number of H-pyrrole nitrogens is 1. The molecule has 2 amide bonds. The fraction of sp³-hybridized carbons (Fsp3) is 0.400. The Hall–Kier alpha value is -2.37. The maximum Gasteiger partial charge on any atom is 0.275 e. The first kappa shape index (κ1) is 13.6. The number of para-hydroxylation sites is 1. The average Bonchev–Trinajstić information content (AvgIpc) is 3.15. The number of carbonyl (C=O) groups is 2. The lowest BCUT2D eigenvalue weighted by atomic mass is 10.2. The molecule has 0 unspecified atom stereocenters. The number of nitrogens with zero attached hydrogens (tertiary/aromatic N) is 3. The highest BCUT2D eigenvalue weighted by Crippen LogP contribution is 2.16. The van der Waals surface area contributed by atoms with E-state index in [0.717, 1.165) is 36.8 Å². The normalized spacial score (nSPS) is 14.6. The fourth-order valence-electron chi connectivity index (χ4n) is 2.65. The summed E-state index contributed by atoms with van der Waals surface area (Å²) >= 11 is 0. The van der Waals surface area contributed by atoms with Gasteiger partial charge in [0.05, 0.1) is 12.1 Å². The molecule has 0 spiro atoms. The quantitative estimate of drug-likeness (QED) is 0.923. The van der Waals surface area contributed by atoms with Gasteiger partial charge in [-0.25, -0.2) is 0 Å². The van der Waals surface area contributed by atoms with Crippen LogP contribution >= 0.6 is 0 Å². The molecule has 6 heteroatoms. The van der Waals surface area contributed by atoms with Crippen molar-refractivity contribution in [1.82, 2.24) is 20.0 Å². The van der Waals surface area contributed by atoms with Crippen LogP contribution in [0.25, 0.3) is 10.9 Å². The molecule has 1 aliphatic heterocycles. The Kier molecular flexibility index (Phi) is 3.60. The third-order valence-corrected chi connectivity index (χ3v) is 3.85. The molecule has 2 aromatic rings. The van der Waals surface area contributed by atoms with E-state index >= 15 is 0 Å². The summed E-state index contributed by atoms with van der Waals surface area (Å²) in [5.41, 5.74) is 1.18. The number of aromatic nitrogens is 2. The summed E-state index contributed by atoms with van der Waals surface area (Å²) in [5.74, 6) is -0.233. The summed E-state index contributed by atoms with van der Waals surface area (Å²) in [5, 5.41) is 7.70. The van der Waals surface area contributed by atoms with Crippen LogP contribution < -0.4 is 0 Å². The van der Waals surface area contributed by atoms with Gasteiger partial charge in [-0.1, -0.05) is 18.2 Å². The van der Waals surface area contributed by atoms with Crippen LogP contribution in [0.4, 0.5) is 0 Å². The Bertz CT molecular complexity index is 673. The van der Waals surface area contributed by atoms with Crippen molar-refractivity contribution in [3.8, 4) is 0 Å². The fourth-order valence-corrected chi connectivity index (χ4v) is 2.65. The van der Waals surface area contributed by atoms with Crippen molar-refractivity contribution < 1.29 is 9.59 Å². The maximum atomic E-state index is 12.4. The van der Waals surface area contributed by atoms with Crippen molar-refractivity contribution in [2.24, 2.45) is 0 Å². The van der Waals surface area contributed by atoms with E-state index in [1.165, 1.54) is 4.90 Å². The molecule has 0 aliphatic carbocycles. The van der Waals surface area contributed by atoms with Crippen molar-refractivity contribution in [2.45, 2.75) is 12.8 Å². The molecule has 0 bridgehead atoms. The van der Waals surface area contributed by atoms with E-state index < -0.39 is 0 Å². The summed E-state index contributed by atoms with van der Waals surface area (Å²) in [6.45, 7) is 1.69. The summed E-state index contributed by atoms with van der Waals surface area (Å²) in [6.07, 6.45) is 2.10. The van der Waals surface area contributed by atoms with Crippen LogP contribution in [0, 0.1) is 0 Å². The van der Waals surface area contributed by atoms with Crippen molar-refractivity contribution in [3.05, 3.63) is 30.0 Å². The molecule has 110 valence electrons. The van der Waals surface area contributed by atoms with Gasteiger partial charge in [0.1, 0.15) is 0 Å². The first-order chi connectivity index (χ1) is 10.2. The first-order valence-electron chi connectivity index (χ1n) is 7.13. The van der Waals surface area contributed by atoms with Crippen LogP contribution in [0.5, 0.6) is 0 Å². The van der Waals surface area contributed by atoms with Gasteiger partial charge in [-0.05, 0) is 18.9 Å². The van der Waals surface area contributed by atoms with Crippen LogP contribution in [-0.4, -0.2) is 58.5 Å². The molecule has 1 aliphatic rings. The molecular formula is C15H18N4O2. The Balaban J connectivity index is 1.73. The van der Waals surface area contributed by atoms with Crippen molar-refractivity contribution >= 4 is 22.7 Å². The zero-order valence-electron chi connectivity index (χ0n) is 12.0. The molecule has 1 aromatic carbocycles. The number of nitrogens with one attached hydrogen (secondary N) is 1. The van der Waals surface area contributed by atoms with Gasteiger partial charge in [-0.2, -0.15) is 5.10 Å². The smallest absolute Gasteiger partial charge is 0.275 e. The molecule has 0 saturated carbocycles. The van der Waals surface area contributed by atoms with Crippen molar-refractivity contribution in [3.63, 3.8) is 0 Å². The lowest BCUT2D eigenvalue weighted by Gasteiger charge is -2.20. The lowest BCUT2D eigenvalue weighted by Crippen LogP contribution is -2.40. The number of aromatic amines is 1. The monoisotopic (exact) mass is 286 g/mol. The van der Waals surface area contributed by atoms with E-state index in [2.05, 4.69) is 10.2 Å². The number of carbonyl (C=O) groups excluding carboxylic acids is 2. The van der Waals surface area contributed by atoms with Gasteiger partial charge in [-0.3, -0.25) is 14.7 Å². The predicted octanol–water partition coefficient (Wildman–Crippen LogP) is 1.26. The number of rotatable bonds is 3. The minimum absolute atomic E-state index is 0.00295. The summed E-state index contributed by atoms with van der Waals surface area (Å²) < 4.78 is 0. The van der Waals surface area contributed by atoms with Gasteiger partial charge >= 0.3 is 0 Å². The van der Waals surface area contributed by atoms with Gasteiger partial charge in [0.25, 0.3) is 5.91 Å². The number of benzene rings is 1. The summed E-state index contributed by atoms with van der Waals surface area (Å²) in [7, 11) is 1.64. The molecule has 1 aromatic heterocycles. The van der Waals surface area contributed by atoms with Gasteiger partial charge < -0.3 is 9.80 Å². The standard InChI is InChI=1S/C15H18N4O2/c1-18(10-13(20)19-8-4-5-9-19)15(21)14-11-6-2-3-7-12(11)16-17-14/h2-3,6-7H,4-5,8-10H2,1H3,(H,16,17). The maximum absolute atomic E-state index is 12.4. The SMILES string of the molecule is CN(CC(=O)N1CCCC1)C(=O)c1n[nH]c2ccccc12. The number of amides is 2. The second-order valence-corrected chi connectivity index (χ2v) is 5.37. The second kappa shape index (κ2) is 5.55. The van der Waals surface area contributed by atoms with E-state index in [1.54, 1.807) is 7.05 Å². The van der Waals surface area contributed by atoms with Crippen LogP contribution in [0.15, 0.2) is 24.3 Å². The molecule has 6 nitrogen and oxygen atoms in total. The molecule has 21 heavy (non-hydrogen) atoms. The number of fused-ring (bicyclic) bond motifs is 1. The highest BCUT2D eigenvalue weighted by Gasteiger charge is 2.23. The molecular weight excluding hydrogens is 268 g/mol. The molecule has 2 heterocycles. The zero-order valence-corrected chi connectivity index (χ0v) is 12.0. The zero-order chi connectivity index (χ0) is 14.8. The molecule has 1 fully saturated rings. The molecule has 1 N–H and O–H groups in total. The molecule has 3 rings (SSSR count). The topological polar surface area (TPSA) is 69.3 Å². The van der Waals surface area contributed by atoms with Crippen LogP contribution in [0.3, 0.4) is 0 Å². The van der Waals surface area contributed by atoms with Crippen LogP contribution in [-0.2, 0) is 4.79 Å². The molecule has 0 radical (unpaired) electrons. The number of hydrogen-bond acceptors (Lipinski definition) is 3. The minimum Gasteiger partial charge on any atom is -0.341 e. The molecule has 0 atom stereocenters. The van der Waals surface area contributed by atoms with Crippen LogP contribution in [0.2, 0.25) is 0 Å². The van der Waals surface area contributed by atoms with Gasteiger partial charge in [0.15, 0.2) is 5.69 Å². The van der Waals surface area contributed by atoms with E-state index in [9.17, 15) is 9.59 Å². The first-order valence-corrected chi connectivity index (χ1v) is 7.13. The largest absolute Gasteiger partial charge is 0.341 e. The third kappa shape index (κ3) is 2.61.